The van der Waals surface area contributed by atoms with Crippen molar-refractivity contribution in [2.24, 2.45) is 11.3 Å². The van der Waals surface area contributed by atoms with Crippen molar-refractivity contribution in [2.45, 2.75) is 59.4 Å². The molecule has 25 heavy (non-hydrogen) atoms. The first kappa shape index (κ1) is 21.5. The smallest absolute Gasteiger partial charge is 0.409 e. The van der Waals surface area contributed by atoms with Gasteiger partial charge in [-0.15, -0.1) is 11.3 Å². The quantitative estimate of drug-likeness (QED) is 0.658. The number of rotatable bonds is 0. The molecule has 2 heterocycles. The Morgan fingerprint density at radius 2 is 2.16 bits per heavy atom. The van der Waals surface area contributed by atoms with Crippen LogP contribution in [0, 0.1) is 30.1 Å². The molecule has 2 N–H and O–H groups in total. The number of ether oxygens (including phenoxy) is 1. The predicted molar refractivity (Wildman–Crippen MR) is 102 cm³/mol. The molecule has 2 fully saturated rings. The average Bonchev–Trinajstić information content (AvgIpc) is 3.17. The number of carbonyl (C=O) groups is 1. The minimum absolute atomic E-state index is 0. The molecule has 6 heteroatoms. The Morgan fingerprint density at radius 3 is 2.76 bits per heavy atom. The molecule has 3 rings (SSSR count). The number of fused-ring (bicyclic) bond motifs is 1. The van der Waals surface area contributed by atoms with Crippen LogP contribution in [0.1, 0.15) is 57.2 Å². The summed E-state index contributed by atoms with van der Waals surface area (Å²) in [6.45, 7) is 9.06. The molecule has 1 saturated carbocycles. The van der Waals surface area contributed by atoms with E-state index in [1.807, 2.05) is 31.1 Å². The Labute approximate surface area is 155 Å². The number of nitrogens with zero attached hydrogens (tertiary/aromatic N) is 2. The zero-order valence-corrected chi connectivity index (χ0v) is 16.7. The summed E-state index contributed by atoms with van der Waals surface area (Å²) in [5.41, 5.74) is 0.945. The fourth-order valence-electron chi connectivity index (χ4n) is 3.93. The van der Waals surface area contributed by atoms with E-state index in [1.165, 1.54) is 7.11 Å². The topological polar surface area (TPSA) is 73.9 Å². The maximum Gasteiger partial charge on any atom is 0.409 e. The fourth-order valence-corrected chi connectivity index (χ4v) is 4.48. The summed E-state index contributed by atoms with van der Waals surface area (Å²) in [7, 11) is 1.46. The SMILES string of the molecule is CC.COC(=O)N1CCC2(C)C(C#Cc3csc(C)n3)CCC[C@@H]12.O. The number of aromatic nitrogens is 1. The molecule has 2 aliphatic rings. The van der Waals surface area contributed by atoms with Gasteiger partial charge in [0.25, 0.3) is 0 Å². The van der Waals surface area contributed by atoms with Gasteiger partial charge in [-0.25, -0.2) is 9.78 Å². The van der Waals surface area contributed by atoms with E-state index in [1.54, 1.807) is 11.3 Å². The normalized spacial score (nSPS) is 27.0. The van der Waals surface area contributed by atoms with Gasteiger partial charge in [-0.05, 0) is 32.1 Å². The van der Waals surface area contributed by atoms with E-state index >= 15 is 0 Å². The van der Waals surface area contributed by atoms with Gasteiger partial charge in [0.2, 0.25) is 0 Å². The van der Waals surface area contributed by atoms with Gasteiger partial charge in [0.05, 0.1) is 12.1 Å². The van der Waals surface area contributed by atoms with Crippen molar-refractivity contribution in [3.05, 3.63) is 16.1 Å². The van der Waals surface area contributed by atoms with Crippen LogP contribution in [0.4, 0.5) is 4.79 Å². The van der Waals surface area contributed by atoms with E-state index in [4.69, 9.17) is 4.74 Å². The van der Waals surface area contributed by atoms with Crippen molar-refractivity contribution in [3.63, 3.8) is 0 Å². The molecular weight excluding hydrogens is 336 g/mol. The Bertz CT molecular complexity index is 634. The second-order valence-electron chi connectivity index (χ2n) is 6.44. The van der Waals surface area contributed by atoms with E-state index in [9.17, 15) is 4.79 Å². The molecule has 0 radical (unpaired) electrons. The largest absolute Gasteiger partial charge is 0.453 e. The molecular formula is C19H30N2O3S. The van der Waals surface area contributed by atoms with Gasteiger partial charge in [-0.2, -0.15) is 0 Å². The highest BCUT2D eigenvalue weighted by atomic mass is 32.1. The van der Waals surface area contributed by atoms with E-state index in [0.717, 1.165) is 42.9 Å². The number of thiazole rings is 1. The number of likely N-dealkylation sites (tertiary alicyclic amines) is 1. The van der Waals surface area contributed by atoms with Crippen LogP contribution in [0.15, 0.2) is 5.38 Å². The Kier molecular flexibility index (Phi) is 7.91. The van der Waals surface area contributed by atoms with Crippen LogP contribution >= 0.6 is 11.3 Å². The van der Waals surface area contributed by atoms with E-state index < -0.39 is 0 Å². The standard InChI is InChI=1S/C17H22N2O2S.C2H6.H2O/c1-12-18-14(11-22-12)8-7-13-5-4-6-15-17(13,2)9-10-19(15)16(20)21-3;1-2;/h11,13,15H,4-6,9-10H2,1-3H3;1-2H3;1H2/t13?,15-,17?;;/m1../s1. The van der Waals surface area contributed by atoms with Gasteiger partial charge in [-0.1, -0.05) is 33.1 Å². The van der Waals surface area contributed by atoms with Crippen LogP contribution in [-0.2, 0) is 4.74 Å². The van der Waals surface area contributed by atoms with Crippen molar-refractivity contribution in [1.29, 1.82) is 0 Å². The monoisotopic (exact) mass is 366 g/mol. The van der Waals surface area contributed by atoms with Gasteiger partial charge in [-0.3, -0.25) is 0 Å². The molecule has 140 valence electrons. The second-order valence-corrected chi connectivity index (χ2v) is 7.50. The lowest BCUT2D eigenvalue weighted by atomic mass is 9.65. The maximum atomic E-state index is 12.0. The highest BCUT2D eigenvalue weighted by Crippen LogP contribution is 2.50. The van der Waals surface area contributed by atoms with Crippen molar-refractivity contribution in [1.82, 2.24) is 9.88 Å². The molecule has 1 aromatic heterocycles. The molecule has 0 spiro atoms. The number of carbonyl (C=O) groups excluding carboxylic acids is 1. The molecule has 1 aliphatic heterocycles. The van der Waals surface area contributed by atoms with E-state index in [0.29, 0.717) is 5.92 Å². The van der Waals surface area contributed by atoms with Crippen LogP contribution < -0.4 is 0 Å². The summed E-state index contributed by atoms with van der Waals surface area (Å²) in [5, 5.41) is 3.06. The molecule has 1 amide bonds. The Morgan fingerprint density at radius 1 is 1.44 bits per heavy atom. The number of amides is 1. The van der Waals surface area contributed by atoms with Crippen LogP contribution in [-0.4, -0.2) is 41.1 Å². The van der Waals surface area contributed by atoms with E-state index in [-0.39, 0.29) is 23.0 Å². The summed E-state index contributed by atoms with van der Waals surface area (Å²) >= 11 is 1.63. The number of hydrogen-bond acceptors (Lipinski definition) is 4. The first-order chi connectivity index (χ1) is 11.5. The number of methoxy groups -OCH3 is 1. The highest BCUT2D eigenvalue weighted by molar-refractivity contribution is 7.09. The lowest BCUT2D eigenvalue weighted by molar-refractivity contribution is 0.0676. The fraction of sp³-hybridized carbons (Fsp3) is 0.684. The maximum absolute atomic E-state index is 12.0. The van der Waals surface area contributed by atoms with Gasteiger partial charge < -0.3 is 15.1 Å². The van der Waals surface area contributed by atoms with Crippen LogP contribution in [0.3, 0.4) is 0 Å². The van der Waals surface area contributed by atoms with Gasteiger partial charge in [0.15, 0.2) is 0 Å². The average molecular weight is 367 g/mol. The zero-order valence-electron chi connectivity index (χ0n) is 15.9. The van der Waals surface area contributed by atoms with E-state index in [2.05, 4.69) is 23.7 Å². The minimum atomic E-state index is -0.197. The summed E-state index contributed by atoms with van der Waals surface area (Å²) in [5.74, 6) is 7.02. The first-order valence-electron chi connectivity index (χ1n) is 8.83. The molecule has 1 aliphatic carbocycles. The van der Waals surface area contributed by atoms with Crippen molar-refractivity contribution in [2.75, 3.05) is 13.7 Å². The minimum Gasteiger partial charge on any atom is -0.453 e. The summed E-state index contributed by atoms with van der Waals surface area (Å²) in [4.78, 5) is 18.3. The summed E-state index contributed by atoms with van der Waals surface area (Å²) in [6.07, 6.45) is 4.08. The van der Waals surface area contributed by atoms with Crippen molar-refractivity contribution >= 4 is 17.4 Å². The number of hydrogen-bond donors (Lipinski definition) is 0. The summed E-state index contributed by atoms with van der Waals surface area (Å²) < 4.78 is 4.94. The molecule has 1 aromatic rings. The van der Waals surface area contributed by atoms with Crippen LogP contribution in [0.5, 0.6) is 0 Å². The second kappa shape index (κ2) is 9.21. The lowest BCUT2D eigenvalue weighted by Crippen LogP contribution is -2.46. The first-order valence-corrected chi connectivity index (χ1v) is 9.71. The molecule has 0 aromatic carbocycles. The third-order valence-electron chi connectivity index (χ3n) is 5.20. The molecule has 2 unspecified atom stereocenters. The van der Waals surface area contributed by atoms with Crippen LogP contribution in [0.2, 0.25) is 0 Å². The third-order valence-corrected chi connectivity index (χ3v) is 5.97. The van der Waals surface area contributed by atoms with Crippen molar-refractivity contribution < 1.29 is 15.0 Å². The van der Waals surface area contributed by atoms with Crippen LogP contribution in [0.25, 0.3) is 0 Å². The zero-order chi connectivity index (χ0) is 17.7. The molecule has 0 bridgehead atoms. The molecule has 5 nitrogen and oxygen atoms in total. The van der Waals surface area contributed by atoms with Gasteiger partial charge in [0.1, 0.15) is 5.69 Å². The highest BCUT2D eigenvalue weighted by Gasteiger charge is 2.51. The Balaban J connectivity index is 0.00000101. The Hall–Kier alpha value is -1.58. The molecule has 1 saturated heterocycles. The van der Waals surface area contributed by atoms with Gasteiger partial charge in [0, 0.05) is 29.3 Å². The van der Waals surface area contributed by atoms with Crippen molar-refractivity contribution in [3.8, 4) is 11.8 Å². The summed E-state index contributed by atoms with van der Waals surface area (Å²) in [6, 6.07) is 0.255. The molecule has 3 atom stereocenters. The lowest BCUT2D eigenvalue weighted by Gasteiger charge is -2.42. The third kappa shape index (κ3) is 4.34. The predicted octanol–water partition coefficient (Wildman–Crippen LogP) is 3.65. The van der Waals surface area contributed by atoms with Gasteiger partial charge >= 0.3 is 6.09 Å². The number of aryl methyl sites for hydroxylation is 1.